The van der Waals surface area contributed by atoms with Crippen molar-refractivity contribution in [1.29, 1.82) is 0 Å². The molecule has 0 radical (unpaired) electrons. The molecule has 0 bridgehead atoms. The monoisotopic (exact) mass is 327 g/mol. The molecule has 0 atom stereocenters. The van der Waals surface area contributed by atoms with Crippen LogP contribution in [0.2, 0.25) is 0 Å². The van der Waals surface area contributed by atoms with E-state index in [2.05, 4.69) is 15.0 Å². The van der Waals surface area contributed by atoms with E-state index < -0.39 is 17.7 Å². The molecule has 5 nitrogen and oxygen atoms in total. The molecule has 0 spiro atoms. The van der Waals surface area contributed by atoms with E-state index in [0.29, 0.717) is 26.2 Å². The Bertz CT molecular complexity index is 683. The fraction of sp³-hybridized carbons (Fsp3) is 0.357. The van der Waals surface area contributed by atoms with Crippen LogP contribution in [0.1, 0.15) is 5.69 Å². The van der Waals surface area contributed by atoms with E-state index >= 15 is 0 Å². The Morgan fingerprint density at radius 2 is 1.65 bits per heavy atom. The molecule has 122 valence electrons. The normalized spacial score (nSPS) is 15.8. The predicted octanol–water partition coefficient (Wildman–Crippen LogP) is 2.36. The molecular formula is C14H13F4N5. The lowest BCUT2D eigenvalue weighted by atomic mass is 10.2. The molecule has 1 fully saturated rings. The number of rotatable bonds is 2. The number of halogens is 4. The van der Waals surface area contributed by atoms with Gasteiger partial charge in [-0.05, 0) is 12.1 Å². The van der Waals surface area contributed by atoms with Crippen LogP contribution in [0, 0.1) is 5.82 Å². The van der Waals surface area contributed by atoms with Crippen LogP contribution in [0.25, 0.3) is 0 Å². The van der Waals surface area contributed by atoms with Gasteiger partial charge in [-0.15, -0.1) is 0 Å². The van der Waals surface area contributed by atoms with Gasteiger partial charge in [0.25, 0.3) is 0 Å². The van der Waals surface area contributed by atoms with Gasteiger partial charge < -0.3 is 9.80 Å². The van der Waals surface area contributed by atoms with Crippen molar-refractivity contribution in [2.24, 2.45) is 0 Å². The molecule has 23 heavy (non-hydrogen) atoms. The zero-order valence-electron chi connectivity index (χ0n) is 12.0. The number of anilines is 2. The van der Waals surface area contributed by atoms with Crippen LogP contribution in [-0.4, -0.2) is 41.1 Å². The third-order valence-electron chi connectivity index (χ3n) is 3.59. The zero-order valence-corrected chi connectivity index (χ0v) is 12.0. The molecule has 0 aromatic carbocycles. The topological polar surface area (TPSA) is 45.2 Å². The molecule has 0 N–H and O–H groups in total. The first-order valence-electron chi connectivity index (χ1n) is 6.95. The molecule has 0 saturated carbocycles. The highest BCUT2D eigenvalue weighted by Gasteiger charge is 2.33. The van der Waals surface area contributed by atoms with Crippen molar-refractivity contribution >= 4 is 11.6 Å². The van der Waals surface area contributed by atoms with Gasteiger partial charge in [-0.25, -0.2) is 19.3 Å². The summed E-state index contributed by atoms with van der Waals surface area (Å²) in [7, 11) is 0. The summed E-state index contributed by atoms with van der Waals surface area (Å²) in [5, 5.41) is 0. The molecule has 3 rings (SSSR count). The van der Waals surface area contributed by atoms with Gasteiger partial charge >= 0.3 is 6.18 Å². The molecule has 0 amide bonds. The van der Waals surface area contributed by atoms with Crippen molar-refractivity contribution in [3.05, 3.63) is 42.2 Å². The van der Waals surface area contributed by atoms with E-state index in [1.807, 2.05) is 0 Å². The third kappa shape index (κ3) is 3.33. The molecule has 3 heterocycles. The third-order valence-corrected chi connectivity index (χ3v) is 3.59. The minimum Gasteiger partial charge on any atom is -0.353 e. The first-order chi connectivity index (χ1) is 10.9. The number of pyridine rings is 1. The first kappa shape index (κ1) is 15.4. The number of hydrogen-bond donors (Lipinski definition) is 0. The number of hydrogen-bond acceptors (Lipinski definition) is 5. The first-order valence-corrected chi connectivity index (χ1v) is 6.95. The van der Waals surface area contributed by atoms with Crippen LogP contribution in [0.3, 0.4) is 0 Å². The molecular weight excluding hydrogens is 314 g/mol. The Kier molecular flexibility index (Phi) is 4.01. The van der Waals surface area contributed by atoms with Crippen molar-refractivity contribution < 1.29 is 17.6 Å². The fourth-order valence-electron chi connectivity index (χ4n) is 2.43. The summed E-state index contributed by atoms with van der Waals surface area (Å²) in [4.78, 5) is 14.6. The Balaban J connectivity index is 1.71. The molecule has 1 aliphatic heterocycles. The van der Waals surface area contributed by atoms with Crippen molar-refractivity contribution in [2.75, 3.05) is 36.0 Å². The average Bonchev–Trinajstić information content (AvgIpc) is 2.55. The van der Waals surface area contributed by atoms with Gasteiger partial charge in [0.1, 0.15) is 17.8 Å². The lowest BCUT2D eigenvalue weighted by molar-refractivity contribution is -0.141. The Labute approximate surface area is 129 Å². The smallest absolute Gasteiger partial charge is 0.353 e. The van der Waals surface area contributed by atoms with Gasteiger partial charge in [0, 0.05) is 38.4 Å². The van der Waals surface area contributed by atoms with E-state index in [9.17, 15) is 17.6 Å². The predicted molar refractivity (Wildman–Crippen MR) is 75.7 cm³/mol. The molecule has 2 aromatic rings. The molecule has 0 aliphatic carbocycles. The van der Waals surface area contributed by atoms with E-state index in [1.54, 1.807) is 9.80 Å². The van der Waals surface area contributed by atoms with Gasteiger partial charge in [-0.2, -0.15) is 13.2 Å². The standard InChI is InChI=1S/C14H13F4N5/c15-10-2-1-3-19-13(10)23-6-4-22(5-7-23)12-8-11(14(16,17)18)20-9-21-12/h1-3,8-9H,4-7H2. The van der Waals surface area contributed by atoms with Crippen LogP contribution in [0.5, 0.6) is 0 Å². The SMILES string of the molecule is Fc1cccnc1N1CCN(c2cc(C(F)(F)F)ncn2)CC1. The van der Waals surface area contributed by atoms with Gasteiger partial charge in [0.2, 0.25) is 0 Å². The van der Waals surface area contributed by atoms with E-state index in [1.165, 1.54) is 18.3 Å². The summed E-state index contributed by atoms with van der Waals surface area (Å²) in [5.74, 6) is 0.0571. The molecule has 2 aromatic heterocycles. The number of piperazine rings is 1. The van der Waals surface area contributed by atoms with E-state index in [-0.39, 0.29) is 11.6 Å². The van der Waals surface area contributed by atoms with E-state index in [4.69, 9.17) is 0 Å². The summed E-state index contributed by atoms with van der Waals surface area (Å²) < 4.78 is 51.8. The van der Waals surface area contributed by atoms with Crippen molar-refractivity contribution in [3.63, 3.8) is 0 Å². The second-order valence-corrected chi connectivity index (χ2v) is 5.04. The highest BCUT2D eigenvalue weighted by Crippen LogP contribution is 2.29. The average molecular weight is 327 g/mol. The van der Waals surface area contributed by atoms with Crippen LogP contribution >= 0.6 is 0 Å². The van der Waals surface area contributed by atoms with Crippen LogP contribution in [-0.2, 0) is 6.18 Å². The minimum atomic E-state index is -4.50. The van der Waals surface area contributed by atoms with Crippen molar-refractivity contribution in [3.8, 4) is 0 Å². The summed E-state index contributed by atoms with van der Waals surface area (Å²) in [6, 6.07) is 3.76. The lowest BCUT2D eigenvalue weighted by Crippen LogP contribution is -2.47. The van der Waals surface area contributed by atoms with Crippen LogP contribution in [0.15, 0.2) is 30.7 Å². The fourth-order valence-corrected chi connectivity index (χ4v) is 2.43. The Hall–Kier alpha value is -2.45. The number of nitrogens with zero attached hydrogens (tertiary/aromatic N) is 5. The molecule has 1 aliphatic rings. The zero-order chi connectivity index (χ0) is 16.4. The molecule has 0 unspecified atom stereocenters. The Morgan fingerprint density at radius 1 is 0.957 bits per heavy atom. The second kappa shape index (κ2) is 5.98. The summed E-state index contributed by atoms with van der Waals surface area (Å²) in [6.07, 6.45) is -2.09. The van der Waals surface area contributed by atoms with Crippen LogP contribution < -0.4 is 9.80 Å². The summed E-state index contributed by atoms with van der Waals surface area (Å²) in [6.45, 7) is 1.73. The highest BCUT2D eigenvalue weighted by atomic mass is 19.4. The molecule has 9 heteroatoms. The number of aromatic nitrogens is 3. The largest absolute Gasteiger partial charge is 0.433 e. The maximum Gasteiger partial charge on any atom is 0.433 e. The Morgan fingerprint density at radius 3 is 2.30 bits per heavy atom. The van der Waals surface area contributed by atoms with E-state index in [0.717, 1.165) is 12.4 Å². The van der Waals surface area contributed by atoms with Gasteiger partial charge in [-0.3, -0.25) is 0 Å². The van der Waals surface area contributed by atoms with Gasteiger partial charge in [0.15, 0.2) is 11.6 Å². The highest BCUT2D eigenvalue weighted by molar-refractivity contribution is 5.45. The minimum absolute atomic E-state index is 0.216. The quantitative estimate of drug-likeness (QED) is 0.793. The van der Waals surface area contributed by atoms with Gasteiger partial charge in [-0.1, -0.05) is 0 Å². The lowest BCUT2D eigenvalue weighted by Gasteiger charge is -2.36. The van der Waals surface area contributed by atoms with Gasteiger partial charge in [0.05, 0.1) is 0 Å². The molecule has 1 saturated heterocycles. The van der Waals surface area contributed by atoms with Crippen molar-refractivity contribution in [2.45, 2.75) is 6.18 Å². The maximum atomic E-state index is 13.7. The van der Waals surface area contributed by atoms with Crippen molar-refractivity contribution in [1.82, 2.24) is 15.0 Å². The maximum absolute atomic E-state index is 13.7. The van der Waals surface area contributed by atoms with Crippen LogP contribution in [0.4, 0.5) is 29.2 Å². The second-order valence-electron chi connectivity index (χ2n) is 5.04. The summed E-state index contributed by atoms with van der Waals surface area (Å²) >= 11 is 0. The number of alkyl halides is 3. The summed E-state index contributed by atoms with van der Waals surface area (Å²) in [5.41, 5.74) is -0.972.